The van der Waals surface area contributed by atoms with Gasteiger partial charge in [0.25, 0.3) is 0 Å². The zero-order valence-corrected chi connectivity index (χ0v) is 35.5. The highest BCUT2D eigenvalue weighted by molar-refractivity contribution is 7.47. The van der Waals surface area contributed by atoms with Crippen LogP contribution in [0.25, 0.3) is 0 Å². The van der Waals surface area contributed by atoms with Crippen molar-refractivity contribution < 1.29 is 37.6 Å². The third kappa shape index (κ3) is 40.9. The van der Waals surface area contributed by atoms with Crippen molar-refractivity contribution >= 4 is 19.8 Å². The summed E-state index contributed by atoms with van der Waals surface area (Å²) in [5, 5.41) is 0. The van der Waals surface area contributed by atoms with Gasteiger partial charge >= 0.3 is 19.8 Å². The molecule has 0 bridgehead atoms. The Labute approximate surface area is 335 Å². The minimum absolute atomic E-state index is 0.0419. The van der Waals surface area contributed by atoms with E-state index in [-0.39, 0.29) is 32.6 Å². The number of phosphoric ester groups is 1. The molecule has 0 aliphatic heterocycles. The van der Waals surface area contributed by atoms with E-state index in [2.05, 4.69) is 80.7 Å². The molecule has 0 aromatic heterocycles. The van der Waals surface area contributed by atoms with E-state index >= 15 is 0 Å². The second-order valence-electron chi connectivity index (χ2n) is 13.8. The van der Waals surface area contributed by atoms with Gasteiger partial charge in [0, 0.05) is 19.4 Å². The fourth-order valence-corrected chi connectivity index (χ4v) is 6.19. The first kappa shape index (κ1) is 52.5. The van der Waals surface area contributed by atoms with E-state index in [9.17, 15) is 19.0 Å². The van der Waals surface area contributed by atoms with E-state index in [0.29, 0.717) is 12.8 Å². The zero-order valence-electron chi connectivity index (χ0n) is 34.6. The summed E-state index contributed by atoms with van der Waals surface area (Å²) in [5.41, 5.74) is 5.34. The predicted octanol–water partition coefficient (Wildman–Crippen LogP) is 12.3. The van der Waals surface area contributed by atoms with Crippen LogP contribution < -0.4 is 5.73 Å². The maximum Gasteiger partial charge on any atom is 0.472 e. The van der Waals surface area contributed by atoms with Crippen LogP contribution in [0.5, 0.6) is 0 Å². The Morgan fingerprint density at radius 3 is 1.56 bits per heavy atom. The van der Waals surface area contributed by atoms with Gasteiger partial charge in [0.1, 0.15) is 6.61 Å². The van der Waals surface area contributed by atoms with Crippen molar-refractivity contribution in [1.29, 1.82) is 0 Å². The first-order chi connectivity index (χ1) is 26.8. The van der Waals surface area contributed by atoms with Gasteiger partial charge in [-0.15, -0.1) is 0 Å². The Kier molecular flexibility index (Phi) is 39.2. The number of allylic oxidation sites excluding steroid dienone is 12. The van der Waals surface area contributed by atoms with Gasteiger partial charge in [0.05, 0.1) is 13.2 Å². The molecule has 0 spiro atoms. The lowest BCUT2D eigenvalue weighted by atomic mass is 10.1. The maximum atomic E-state index is 12.6. The van der Waals surface area contributed by atoms with Gasteiger partial charge in [-0.05, 0) is 77.0 Å². The summed E-state index contributed by atoms with van der Waals surface area (Å²) in [7, 11) is -4.39. The van der Waals surface area contributed by atoms with E-state index in [1.54, 1.807) is 0 Å². The van der Waals surface area contributed by atoms with Crippen molar-refractivity contribution in [1.82, 2.24) is 0 Å². The van der Waals surface area contributed by atoms with Crippen molar-refractivity contribution in [2.45, 2.75) is 174 Å². The number of esters is 2. The minimum Gasteiger partial charge on any atom is -0.462 e. The lowest BCUT2D eigenvalue weighted by Gasteiger charge is -2.19. The van der Waals surface area contributed by atoms with Gasteiger partial charge in [-0.3, -0.25) is 18.6 Å². The van der Waals surface area contributed by atoms with E-state index in [4.69, 9.17) is 24.3 Å². The van der Waals surface area contributed by atoms with E-state index < -0.39 is 32.5 Å². The summed E-state index contributed by atoms with van der Waals surface area (Å²) >= 11 is 0. The lowest BCUT2D eigenvalue weighted by Crippen LogP contribution is -2.29. The number of carbonyl (C=O) groups excluding carboxylic acids is 2. The molecule has 0 amide bonds. The largest absolute Gasteiger partial charge is 0.472 e. The van der Waals surface area contributed by atoms with Crippen LogP contribution >= 0.6 is 7.82 Å². The number of carbonyl (C=O) groups is 2. The molecule has 2 atom stereocenters. The van der Waals surface area contributed by atoms with Crippen LogP contribution in [-0.2, 0) is 32.7 Å². The second-order valence-corrected chi connectivity index (χ2v) is 15.3. The van der Waals surface area contributed by atoms with Crippen LogP contribution in [0.2, 0.25) is 0 Å². The quantitative estimate of drug-likeness (QED) is 0.0270. The summed E-state index contributed by atoms with van der Waals surface area (Å²) in [5.74, 6) is -0.907. The molecule has 10 heteroatoms. The number of rotatable bonds is 39. The van der Waals surface area contributed by atoms with Crippen molar-refractivity contribution in [2.75, 3.05) is 26.4 Å². The van der Waals surface area contributed by atoms with Crippen molar-refractivity contribution in [2.24, 2.45) is 5.73 Å². The summed E-state index contributed by atoms with van der Waals surface area (Å²) in [4.78, 5) is 34.8. The van der Waals surface area contributed by atoms with Gasteiger partial charge in [0.2, 0.25) is 0 Å². The van der Waals surface area contributed by atoms with Crippen molar-refractivity contribution in [3.63, 3.8) is 0 Å². The molecule has 0 fully saturated rings. The van der Waals surface area contributed by atoms with Crippen molar-refractivity contribution in [3.05, 3.63) is 72.9 Å². The molecular formula is C45H78NO8P. The Morgan fingerprint density at radius 2 is 1.02 bits per heavy atom. The number of unbranched alkanes of at least 4 members (excludes halogenated alkanes) is 14. The summed E-state index contributed by atoms with van der Waals surface area (Å²) < 4.78 is 32.7. The third-order valence-corrected chi connectivity index (χ3v) is 9.56. The Morgan fingerprint density at radius 1 is 0.564 bits per heavy atom. The highest BCUT2D eigenvalue weighted by atomic mass is 31.2. The molecule has 3 N–H and O–H groups in total. The van der Waals surface area contributed by atoms with Gasteiger partial charge < -0.3 is 20.1 Å². The molecule has 0 aromatic rings. The fourth-order valence-electron chi connectivity index (χ4n) is 5.43. The molecule has 55 heavy (non-hydrogen) atoms. The smallest absolute Gasteiger partial charge is 0.462 e. The summed E-state index contributed by atoms with van der Waals surface area (Å²) in [6.45, 7) is 3.53. The minimum atomic E-state index is -4.39. The molecule has 0 radical (unpaired) electrons. The Bertz CT molecular complexity index is 1130. The third-order valence-electron chi connectivity index (χ3n) is 8.58. The molecule has 0 aliphatic carbocycles. The highest BCUT2D eigenvalue weighted by Crippen LogP contribution is 2.43. The number of hydrogen-bond acceptors (Lipinski definition) is 8. The van der Waals surface area contributed by atoms with E-state index in [0.717, 1.165) is 64.2 Å². The molecular weight excluding hydrogens is 713 g/mol. The van der Waals surface area contributed by atoms with Crippen LogP contribution in [0.4, 0.5) is 0 Å². The second kappa shape index (κ2) is 41.1. The summed E-state index contributed by atoms with van der Waals surface area (Å²) in [6, 6.07) is 0. The molecule has 0 heterocycles. The van der Waals surface area contributed by atoms with E-state index in [1.165, 1.54) is 64.2 Å². The molecule has 1 unspecified atom stereocenters. The highest BCUT2D eigenvalue weighted by Gasteiger charge is 2.25. The first-order valence-corrected chi connectivity index (χ1v) is 22.9. The zero-order chi connectivity index (χ0) is 40.3. The van der Waals surface area contributed by atoms with Gasteiger partial charge in [-0.2, -0.15) is 0 Å². The monoisotopic (exact) mass is 792 g/mol. The molecule has 316 valence electrons. The van der Waals surface area contributed by atoms with Crippen LogP contribution in [0.3, 0.4) is 0 Å². The SMILES string of the molecule is CC/C=C/C/C=C/C/C=C/C/C=C/C/C=C/CCCC(=O)OC[C@H](COP(=O)(O)OCCN)OC(=O)CCCCCCCCC/C=C/CCCCCCCC. The maximum absolute atomic E-state index is 12.6. The van der Waals surface area contributed by atoms with Crippen LogP contribution in [-0.4, -0.2) is 49.3 Å². The molecule has 0 aromatic carbocycles. The number of ether oxygens (including phenoxy) is 2. The predicted molar refractivity (Wildman–Crippen MR) is 229 cm³/mol. The van der Waals surface area contributed by atoms with E-state index in [1.807, 2.05) is 6.08 Å². The first-order valence-electron chi connectivity index (χ1n) is 21.4. The number of hydrogen-bond donors (Lipinski definition) is 2. The molecule has 0 aliphatic rings. The average Bonchev–Trinajstić information content (AvgIpc) is 3.17. The molecule has 9 nitrogen and oxygen atoms in total. The Balaban J connectivity index is 4.27. The normalized spacial score (nSPS) is 14.0. The topological polar surface area (TPSA) is 134 Å². The standard InChI is InChI=1S/C45H78NO8P/c1-3-5-7-9-11-13-15-17-19-21-23-25-27-29-31-33-35-37-44(47)51-41-43(42-53-55(49,50)52-40-39-46)54-45(48)38-36-34-32-30-28-26-24-22-20-18-16-14-12-10-8-6-4-2/h5,7,11,13,17-20,23,25,29,31,43H,3-4,6,8-10,12,14-16,21-22,24,26-28,30,32-42,46H2,1-2H3,(H,49,50)/b7-5+,13-11+,19-17+,20-18+,25-23+,31-29+/t43-/m1/s1. The van der Waals surface area contributed by atoms with Gasteiger partial charge in [0.15, 0.2) is 6.10 Å². The van der Waals surface area contributed by atoms with Crippen LogP contribution in [0, 0.1) is 0 Å². The lowest BCUT2D eigenvalue weighted by molar-refractivity contribution is -0.161. The van der Waals surface area contributed by atoms with Crippen LogP contribution in [0.15, 0.2) is 72.9 Å². The fraction of sp³-hybridized carbons (Fsp3) is 0.689. The average molecular weight is 792 g/mol. The van der Waals surface area contributed by atoms with Crippen molar-refractivity contribution in [3.8, 4) is 0 Å². The summed E-state index contributed by atoms with van der Waals surface area (Å²) in [6.07, 6.45) is 49.4. The Hall–Kier alpha value is -2.55. The van der Waals surface area contributed by atoms with Crippen LogP contribution in [0.1, 0.15) is 168 Å². The number of phosphoric acid groups is 1. The molecule has 0 rings (SSSR count). The number of nitrogens with two attached hydrogens (primary N) is 1. The molecule has 0 saturated heterocycles. The van der Waals surface area contributed by atoms with Gasteiger partial charge in [-0.25, -0.2) is 4.57 Å². The van der Waals surface area contributed by atoms with Gasteiger partial charge in [-0.1, -0.05) is 151 Å². The molecule has 0 saturated carbocycles.